The number of amides is 1. The molecule has 1 aliphatic heterocycles. The van der Waals surface area contributed by atoms with Crippen molar-refractivity contribution in [1.82, 2.24) is 0 Å². The van der Waals surface area contributed by atoms with E-state index in [1.165, 1.54) is 17.3 Å². The molecule has 4 nitrogen and oxygen atoms in total. The van der Waals surface area contributed by atoms with Crippen LogP contribution in [0.15, 0.2) is 53.5 Å². The highest BCUT2D eigenvalue weighted by Crippen LogP contribution is 2.34. The summed E-state index contributed by atoms with van der Waals surface area (Å²) in [5.41, 5.74) is 2.98. The van der Waals surface area contributed by atoms with E-state index in [9.17, 15) is 4.79 Å². The Labute approximate surface area is 143 Å². The molecule has 1 heterocycles. The molecule has 2 aromatic rings. The third-order valence-corrected chi connectivity index (χ3v) is 5.48. The molecule has 23 heavy (non-hydrogen) atoms. The first kappa shape index (κ1) is 16.0. The topological polar surface area (TPSA) is 50.7 Å². The van der Waals surface area contributed by atoms with Crippen LogP contribution in [0.3, 0.4) is 0 Å². The zero-order chi connectivity index (χ0) is 16.1. The number of ether oxygens (including phenoxy) is 1. The molecule has 2 aromatic carbocycles. The van der Waals surface area contributed by atoms with Crippen LogP contribution in [0.2, 0.25) is 0 Å². The minimum atomic E-state index is -0.0505. The summed E-state index contributed by atoms with van der Waals surface area (Å²) in [6.07, 6.45) is 0. The molecule has 0 saturated heterocycles. The highest BCUT2D eigenvalue weighted by atomic mass is 32.2. The normalized spacial score (nSPS) is 13.0. The van der Waals surface area contributed by atoms with Gasteiger partial charge in [0, 0.05) is 17.5 Å². The average molecular weight is 344 g/mol. The van der Waals surface area contributed by atoms with E-state index < -0.39 is 0 Å². The molecule has 0 spiro atoms. The molecular formula is C17H16N2O2S2. The second-order valence-corrected chi connectivity index (χ2v) is 7.05. The van der Waals surface area contributed by atoms with Crippen LogP contribution in [0.25, 0.3) is 0 Å². The Morgan fingerprint density at radius 3 is 3.04 bits per heavy atom. The molecular weight excluding hydrogens is 328 g/mol. The van der Waals surface area contributed by atoms with Gasteiger partial charge in [0.25, 0.3) is 0 Å². The van der Waals surface area contributed by atoms with Gasteiger partial charge in [-0.3, -0.25) is 4.79 Å². The van der Waals surface area contributed by atoms with Crippen molar-refractivity contribution in [3.05, 3.63) is 54.1 Å². The molecule has 0 bridgehead atoms. The first-order valence-electron chi connectivity index (χ1n) is 7.11. The minimum Gasteiger partial charge on any atom is -0.497 e. The summed E-state index contributed by atoms with van der Waals surface area (Å²) in [5, 5.41) is 2.87. The molecule has 0 aliphatic carbocycles. The number of hydrogen-bond acceptors (Lipinski definition) is 5. The molecule has 3 rings (SSSR count). The Kier molecular flexibility index (Phi) is 5.25. The van der Waals surface area contributed by atoms with E-state index >= 15 is 0 Å². The van der Waals surface area contributed by atoms with E-state index in [4.69, 9.17) is 4.74 Å². The van der Waals surface area contributed by atoms with Gasteiger partial charge >= 0.3 is 0 Å². The lowest BCUT2D eigenvalue weighted by Gasteiger charge is -2.14. The van der Waals surface area contributed by atoms with E-state index in [2.05, 4.69) is 16.4 Å². The van der Waals surface area contributed by atoms with Crippen LogP contribution in [0, 0.1) is 0 Å². The molecule has 0 saturated carbocycles. The van der Waals surface area contributed by atoms with Crippen LogP contribution >= 0.6 is 23.5 Å². The van der Waals surface area contributed by atoms with Crippen LogP contribution in [0.5, 0.6) is 5.75 Å². The first-order valence-corrected chi connectivity index (χ1v) is 9.08. The molecule has 0 radical (unpaired) electrons. The van der Waals surface area contributed by atoms with Gasteiger partial charge in [0.05, 0.1) is 18.6 Å². The maximum atomic E-state index is 12.1. The summed E-state index contributed by atoms with van der Waals surface area (Å²) >= 11 is 3.14. The predicted molar refractivity (Wildman–Crippen MR) is 98.9 cm³/mol. The summed E-state index contributed by atoms with van der Waals surface area (Å²) in [5.74, 6) is 1.91. The van der Waals surface area contributed by atoms with Crippen LogP contribution in [-0.2, 0) is 10.5 Å². The van der Waals surface area contributed by atoms with Crippen molar-refractivity contribution in [1.29, 1.82) is 0 Å². The Morgan fingerprint density at radius 1 is 1.30 bits per heavy atom. The third-order valence-electron chi connectivity index (χ3n) is 3.23. The average Bonchev–Trinajstić information content (AvgIpc) is 2.60. The summed E-state index contributed by atoms with van der Waals surface area (Å²) in [6, 6.07) is 15.4. The lowest BCUT2D eigenvalue weighted by atomic mass is 10.2. The SMILES string of the molecule is COc1cccc(NC(=O)CSC2=Nc3ccccc3CS2)c1. The molecule has 1 N–H and O–H groups in total. The van der Waals surface area contributed by atoms with Crippen molar-refractivity contribution in [3.63, 3.8) is 0 Å². The number of carbonyl (C=O) groups is 1. The van der Waals surface area contributed by atoms with Crippen molar-refractivity contribution in [2.75, 3.05) is 18.2 Å². The molecule has 6 heteroatoms. The second kappa shape index (κ2) is 7.57. The molecule has 118 valence electrons. The molecule has 0 aromatic heterocycles. The predicted octanol–water partition coefficient (Wildman–Crippen LogP) is 4.30. The number of methoxy groups -OCH3 is 1. The van der Waals surface area contributed by atoms with Gasteiger partial charge in [-0.15, -0.1) is 0 Å². The van der Waals surface area contributed by atoms with Crippen LogP contribution < -0.4 is 10.1 Å². The number of carbonyl (C=O) groups excluding carboxylic acids is 1. The number of nitrogens with zero attached hydrogens (tertiary/aromatic N) is 1. The van der Waals surface area contributed by atoms with E-state index in [1.807, 2.05) is 36.4 Å². The fraction of sp³-hybridized carbons (Fsp3) is 0.176. The molecule has 1 amide bonds. The number of aliphatic imine (C=N–C) groups is 1. The monoisotopic (exact) mass is 344 g/mol. The third kappa shape index (κ3) is 4.30. The van der Waals surface area contributed by atoms with Crippen molar-refractivity contribution in [3.8, 4) is 5.75 Å². The summed E-state index contributed by atoms with van der Waals surface area (Å²) < 4.78 is 6.08. The number of rotatable bonds is 4. The van der Waals surface area contributed by atoms with Gasteiger partial charge < -0.3 is 10.1 Å². The lowest BCUT2D eigenvalue weighted by Crippen LogP contribution is -2.15. The number of benzene rings is 2. The molecule has 0 atom stereocenters. The van der Waals surface area contributed by atoms with Gasteiger partial charge in [-0.1, -0.05) is 47.8 Å². The number of nitrogens with one attached hydrogen (secondary N) is 1. The van der Waals surface area contributed by atoms with Crippen LogP contribution in [0.1, 0.15) is 5.56 Å². The van der Waals surface area contributed by atoms with Gasteiger partial charge in [0.2, 0.25) is 5.91 Å². The van der Waals surface area contributed by atoms with Crippen molar-refractivity contribution in [2.24, 2.45) is 4.99 Å². The Balaban J connectivity index is 1.56. The number of thioether (sulfide) groups is 2. The first-order chi connectivity index (χ1) is 11.2. The van der Waals surface area contributed by atoms with Crippen molar-refractivity contribution >= 4 is 45.2 Å². The fourth-order valence-corrected chi connectivity index (χ4v) is 3.97. The van der Waals surface area contributed by atoms with Gasteiger partial charge in [0.1, 0.15) is 10.1 Å². The molecule has 1 aliphatic rings. The standard InChI is InChI=1S/C17H16N2O2S2/c1-21-14-7-4-6-13(9-14)18-16(20)11-23-17-19-15-8-3-2-5-12(15)10-22-17/h2-9H,10-11H2,1H3,(H,18,20). The number of para-hydroxylation sites is 1. The quantitative estimate of drug-likeness (QED) is 0.898. The maximum Gasteiger partial charge on any atom is 0.234 e. The summed E-state index contributed by atoms with van der Waals surface area (Å²) in [4.78, 5) is 16.7. The van der Waals surface area contributed by atoms with Crippen LogP contribution in [0.4, 0.5) is 11.4 Å². The van der Waals surface area contributed by atoms with E-state index in [0.29, 0.717) is 5.75 Å². The van der Waals surface area contributed by atoms with Gasteiger partial charge in [-0.05, 0) is 23.8 Å². The van der Waals surface area contributed by atoms with E-state index in [0.717, 1.165) is 27.3 Å². The summed E-state index contributed by atoms with van der Waals surface area (Å²) in [7, 11) is 1.60. The smallest absolute Gasteiger partial charge is 0.234 e. The van der Waals surface area contributed by atoms with Gasteiger partial charge in [0.15, 0.2) is 0 Å². The minimum absolute atomic E-state index is 0.0505. The largest absolute Gasteiger partial charge is 0.497 e. The highest BCUT2D eigenvalue weighted by Gasteiger charge is 2.14. The van der Waals surface area contributed by atoms with E-state index in [-0.39, 0.29) is 5.91 Å². The zero-order valence-corrected chi connectivity index (χ0v) is 14.2. The van der Waals surface area contributed by atoms with Gasteiger partial charge in [-0.2, -0.15) is 0 Å². The Bertz CT molecular complexity index is 747. The zero-order valence-electron chi connectivity index (χ0n) is 12.6. The molecule has 0 unspecified atom stereocenters. The summed E-state index contributed by atoms with van der Waals surface area (Å²) in [6.45, 7) is 0. The number of hydrogen-bond donors (Lipinski definition) is 1. The molecule has 0 fully saturated rings. The number of fused-ring (bicyclic) bond motifs is 1. The Morgan fingerprint density at radius 2 is 2.17 bits per heavy atom. The second-order valence-electron chi connectivity index (χ2n) is 4.86. The highest BCUT2D eigenvalue weighted by molar-refractivity contribution is 8.38. The van der Waals surface area contributed by atoms with Crippen LogP contribution in [-0.4, -0.2) is 23.1 Å². The van der Waals surface area contributed by atoms with Crippen molar-refractivity contribution in [2.45, 2.75) is 5.75 Å². The Hall–Kier alpha value is -1.92. The maximum absolute atomic E-state index is 12.1. The van der Waals surface area contributed by atoms with Crippen molar-refractivity contribution < 1.29 is 9.53 Å². The fourth-order valence-electron chi connectivity index (χ4n) is 2.11. The lowest BCUT2D eigenvalue weighted by molar-refractivity contribution is -0.113. The van der Waals surface area contributed by atoms with E-state index in [1.54, 1.807) is 24.9 Å². The number of anilines is 1. The van der Waals surface area contributed by atoms with Gasteiger partial charge in [-0.25, -0.2) is 4.99 Å².